The van der Waals surface area contributed by atoms with Gasteiger partial charge in [-0.05, 0) is 16.7 Å². The fraction of sp³-hybridized carbons (Fsp3) is 0.345. The van der Waals surface area contributed by atoms with E-state index < -0.39 is 30.5 Å². The molecule has 0 spiro atoms. The summed E-state index contributed by atoms with van der Waals surface area (Å²) in [6.45, 7) is 1.49. The fourth-order valence-corrected chi connectivity index (χ4v) is 4.62. The van der Waals surface area contributed by atoms with Crippen LogP contribution in [-0.4, -0.2) is 43.3 Å². The molecule has 5 atom stereocenters. The molecule has 1 saturated heterocycles. The van der Waals surface area contributed by atoms with Gasteiger partial charge in [-0.25, -0.2) is 0 Å². The van der Waals surface area contributed by atoms with Crippen molar-refractivity contribution in [1.29, 1.82) is 0 Å². The molecule has 1 heterocycles. The molecular formula is C29H33NO5S. The van der Waals surface area contributed by atoms with Crippen molar-refractivity contribution in [2.45, 2.75) is 44.4 Å². The summed E-state index contributed by atoms with van der Waals surface area (Å²) >= 11 is 5.54. The molecule has 0 aliphatic carbocycles. The standard InChI is InChI=1S/C29H33NO5S/c1-31-29-27(34-19-23-15-9-4-10-16-23)25(28(30)36)26(33-18-22-13-7-3-8-14-22)24(35-29)20-32-17-21-11-5-2-6-12-21/h2-16,24-27,29H,17-20H2,1H3,(H2,30,36)/t24?,25-,26-,27?,29-/m0/s1. The monoisotopic (exact) mass is 507 g/mol. The van der Waals surface area contributed by atoms with Crippen LogP contribution in [0.4, 0.5) is 0 Å². The van der Waals surface area contributed by atoms with Crippen molar-refractivity contribution in [1.82, 2.24) is 0 Å². The minimum Gasteiger partial charge on any atom is -0.393 e. The number of ether oxygens (including phenoxy) is 5. The van der Waals surface area contributed by atoms with Gasteiger partial charge in [-0.3, -0.25) is 0 Å². The maximum atomic E-state index is 6.43. The predicted octanol–water partition coefficient (Wildman–Crippen LogP) is 4.65. The molecule has 0 bridgehead atoms. The fourth-order valence-electron chi connectivity index (χ4n) is 4.36. The van der Waals surface area contributed by atoms with Crippen LogP contribution in [0.15, 0.2) is 91.0 Å². The summed E-state index contributed by atoms with van der Waals surface area (Å²) in [4.78, 5) is 0.296. The summed E-state index contributed by atoms with van der Waals surface area (Å²) in [5.41, 5.74) is 9.45. The second kappa shape index (κ2) is 13.6. The number of hydrogen-bond donors (Lipinski definition) is 1. The number of hydrogen-bond acceptors (Lipinski definition) is 6. The van der Waals surface area contributed by atoms with Gasteiger partial charge < -0.3 is 29.4 Å². The molecule has 0 amide bonds. The van der Waals surface area contributed by atoms with Gasteiger partial charge in [0.25, 0.3) is 0 Å². The molecular weight excluding hydrogens is 474 g/mol. The predicted molar refractivity (Wildman–Crippen MR) is 142 cm³/mol. The highest BCUT2D eigenvalue weighted by molar-refractivity contribution is 7.80. The maximum absolute atomic E-state index is 6.43. The average molecular weight is 508 g/mol. The maximum Gasteiger partial charge on any atom is 0.184 e. The first-order valence-electron chi connectivity index (χ1n) is 12.1. The highest BCUT2D eigenvalue weighted by Gasteiger charge is 2.49. The van der Waals surface area contributed by atoms with E-state index in [0.717, 1.165) is 16.7 Å². The molecule has 0 saturated carbocycles. The minimum atomic E-state index is -0.679. The van der Waals surface area contributed by atoms with Gasteiger partial charge in [-0.1, -0.05) is 103 Å². The van der Waals surface area contributed by atoms with E-state index in [1.165, 1.54) is 0 Å². The number of nitrogens with two attached hydrogens (primary N) is 1. The molecule has 1 aliphatic heterocycles. The van der Waals surface area contributed by atoms with E-state index in [9.17, 15) is 0 Å². The van der Waals surface area contributed by atoms with Crippen molar-refractivity contribution in [2.75, 3.05) is 13.7 Å². The summed E-state index contributed by atoms with van der Waals surface area (Å²) in [6.07, 6.45) is -2.16. The van der Waals surface area contributed by atoms with E-state index in [-0.39, 0.29) is 0 Å². The number of thiocarbonyl (C=S) groups is 1. The molecule has 2 unspecified atom stereocenters. The van der Waals surface area contributed by atoms with Crippen molar-refractivity contribution < 1.29 is 23.7 Å². The smallest absolute Gasteiger partial charge is 0.184 e. The third-order valence-electron chi connectivity index (χ3n) is 6.18. The molecule has 36 heavy (non-hydrogen) atoms. The van der Waals surface area contributed by atoms with Crippen LogP contribution >= 0.6 is 12.2 Å². The highest BCUT2D eigenvalue weighted by Crippen LogP contribution is 2.33. The molecule has 6 nitrogen and oxygen atoms in total. The third-order valence-corrected chi connectivity index (χ3v) is 6.45. The molecule has 190 valence electrons. The molecule has 2 N–H and O–H groups in total. The van der Waals surface area contributed by atoms with Crippen LogP contribution in [0.1, 0.15) is 16.7 Å². The second-order valence-corrected chi connectivity index (χ2v) is 9.20. The largest absolute Gasteiger partial charge is 0.393 e. The molecule has 7 heteroatoms. The Balaban J connectivity index is 1.52. The zero-order valence-electron chi connectivity index (χ0n) is 20.4. The van der Waals surface area contributed by atoms with E-state index in [1.807, 2.05) is 91.0 Å². The lowest BCUT2D eigenvalue weighted by atomic mass is 9.88. The lowest BCUT2D eigenvalue weighted by molar-refractivity contribution is -0.294. The van der Waals surface area contributed by atoms with Crippen LogP contribution in [0.3, 0.4) is 0 Å². The first-order chi connectivity index (χ1) is 17.7. The highest BCUT2D eigenvalue weighted by atomic mass is 32.1. The Morgan fingerprint density at radius 1 is 0.750 bits per heavy atom. The summed E-state index contributed by atoms with van der Waals surface area (Å²) in [5, 5.41) is 0. The quantitative estimate of drug-likeness (QED) is 0.358. The van der Waals surface area contributed by atoms with Crippen LogP contribution < -0.4 is 5.73 Å². The summed E-state index contributed by atoms with van der Waals surface area (Å²) < 4.78 is 30.8. The van der Waals surface area contributed by atoms with Crippen molar-refractivity contribution in [3.63, 3.8) is 0 Å². The first kappa shape index (κ1) is 26.4. The second-order valence-electron chi connectivity index (χ2n) is 8.73. The molecule has 1 aliphatic rings. The third kappa shape index (κ3) is 7.20. The molecule has 3 aromatic rings. The van der Waals surface area contributed by atoms with Gasteiger partial charge in [0, 0.05) is 7.11 Å². The van der Waals surface area contributed by atoms with E-state index in [1.54, 1.807) is 7.11 Å². The van der Waals surface area contributed by atoms with Crippen molar-refractivity contribution in [3.05, 3.63) is 108 Å². The average Bonchev–Trinajstić information content (AvgIpc) is 2.92. The van der Waals surface area contributed by atoms with E-state index in [2.05, 4.69) is 0 Å². The SMILES string of the molecule is CO[C@H]1OC(COCc2ccccc2)[C@H](OCc2ccccc2)[C@H](C(N)=S)C1OCc1ccccc1. The van der Waals surface area contributed by atoms with Gasteiger partial charge in [0.2, 0.25) is 0 Å². The van der Waals surface area contributed by atoms with Crippen LogP contribution in [0.5, 0.6) is 0 Å². The zero-order chi connectivity index (χ0) is 25.2. The van der Waals surface area contributed by atoms with E-state index in [0.29, 0.717) is 31.4 Å². The van der Waals surface area contributed by atoms with Gasteiger partial charge in [0.05, 0.1) is 43.4 Å². The molecule has 3 aromatic carbocycles. The lowest BCUT2D eigenvalue weighted by Gasteiger charge is -2.45. The molecule has 1 fully saturated rings. The zero-order valence-corrected chi connectivity index (χ0v) is 21.2. The van der Waals surface area contributed by atoms with Crippen LogP contribution in [-0.2, 0) is 43.5 Å². The number of methoxy groups -OCH3 is 1. The van der Waals surface area contributed by atoms with Gasteiger partial charge in [-0.15, -0.1) is 0 Å². The lowest BCUT2D eigenvalue weighted by Crippen LogP contribution is -2.61. The summed E-state index contributed by atoms with van der Waals surface area (Å²) in [6, 6.07) is 29.9. The topological polar surface area (TPSA) is 72.2 Å². The molecule has 0 radical (unpaired) electrons. The van der Waals surface area contributed by atoms with Gasteiger partial charge in [0.15, 0.2) is 6.29 Å². The van der Waals surface area contributed by atoms with Crippen molar-refractivity contribution in [3.8, 4) is 0 Å². The Kier molecular flexibility index (Phi) is 9.98. The van der Waals surface area contributed by atoms with Crippen LogP contribution in [0.2, 0.25) is 0 Å². The Labute approximate surface area is 218 Å². The molecule has 0 aromatic heterocycles. The minimum absolute atomic E-state index is 0.290. The van der Waals surface area contributed by atoms with Gasteiger partial charge in [0.1, 0.15) is 12.2 Å². The van der Waals surface area contributed by atoms with E-state index in [4.69, 9.17) is 41.6 Å². The van der Waals surface area contributed by atoms with Gasteiger partial charge in [-0.2, -0.15) is 0 Å². The van der Waals surface area contributed by atoms with Crippen molar-refractivity contribution in [2.24, 2.45) is 11.7 Å². The van der Waals surface area contributed by atoms with Crippen LogP contribution in [0.25, 0.3) is 0 Å². The Bertz CT molecular complexity index is 1050. The normalized spacial score (nSPS) is 23.9. The van der Waals surface area contributed by atoms with Crippen LogP contribution in [0, 0.1) is 5.92 Å². The van der Waals surface area contributed by atoms with Crippen molar-refractivity contribution >= 4 is 17.2 Å². The number of rotatable bonds is 12. The Morgan fingerprint density at radius 3 is 1.69 bits per heavy atom. The van der Waals surface area contributed by atoms with E-state index >= 15 is 0 Å². The Hall–Kier alpha value is -2.65. The molecule has 4 rings (SSSR count). The summed E-state index contributed by atoms with van der Waals surface area (Å²) in [7, 11) is 1.59. The Morgan fingerprint density at radius 2 is 1.22 bits per heavy atom. The van der Waals surface area contributed by atoms with Gasteiger partial charge >= 0.3 is 0 Å². The number of benzene rings is 3. The summed E-state index contributed by atoms with van der Waals surface area (Å²) in [5.74, 6) is -0.434. The first-order valence-corrected chi connectivity index (χ1v) is 12.5.